The summed E-state index contributed by atoms with van der Waals surface area (Å²) in [6.07, 6.45) is 5.17. The minimum Gasteiger partial charge on any atom is -0.228 e. The number of nitrogens with two attached hydrogens (primary N) is 1. The Morgan fingerprint density at radius 2 is 2.15 bits per heavy atom. The second-order valence-corrected chi connectivity index (χ2v) is 6.29. The van der Waals surface area contributed by atoms with Gasteiger partial charge in [0.25, 0.3) is 0 Å². The number of sulfonamides is 1. The fourth-order valence-electron chi connectivity index (χ4n) is 1.21. The number of hydrogen-bond acceptors (Lipinski definition) is 2. The Morgan fingerprint density at radius 3 is 2.54 bits per heavy atom. The van der Waals surface area contributed by atoms with Gasteiger partial charge in [-0.1, -0.05) is 41.1 Å². The number of hydrogen-bond donors (Lipinski definition) is 1. The first kappa shape index (κ1) is 10.9. The first-order chi connectivity index (χ1) is 5.77. The van der Waals surface area contributed by atoms with Crippen molar-refractivity contribution in [3.8, 4) is 0 Å². The molecule has 1 aliphatic carbocycles. The van der Waals surface area contributed by atoms with E-state index in [2.05, 4.69) is 15.9 Å². The molecule has 0 heterocycles. The third-order valence-electron chi connectivity index (χ3n) is 2.50. The fraction of sp³-hybridized carbons (Fsp3) is 0.500. The van der Waals surface area contributed by atoms with Crippen LogP contribution in [0.3, 0.4) is 0 Å². The highest BCUT2D eigenvalue weighted by Gasteiger charge is 2.40. The van der Waals surface area contributed by atoms with E-state index in [9.17, 15) is 8.42 Å². The Labute approximate surface area is 86.9 Å². The summed E-state index contributed by atoms with van der Waals surface area (Å²) in [6.45, 7) is 3.45. The van der Waals surface area contributed by atoms with Crippen LogP contribution in [0.5, 0.6) is 0 Å². The monoisotopic (exact) mass is 265 g/mol. The molecule has 2 N–H and O–H groups in total. The van der Waals surface area contributed by atoms with Gasteiger partial charge in [-0.2, -0.15) is 0 Å². The van der Waals surface area contributed by atoms with Crippen molar-refractivity contribution in [1.82, 2.24) is 0 Å². The molecule has 0 amide bonds. The molecule has 0 aliphatic heterocycles. The smallest absolute Gasteiger partial charge is 0.218 e. The van der Waals surface area contributed by atoms with Gasteiger partial charge >= 0.3 is 0 Å². The molecule has 0 aromatic rings. The van der Waals surface area contributed by atoms with Crippen molar-refractivity contribution in [2.45, 2.75) is 18.6 Å². The molecule has 0 aromatic carbocycles. The van der Waals surface area contributed by atoms with Crippen molar-refractivity contribution in [3.05, 3.63) is 22.7 Å². The minimum atomic E-state index is -3.55. The molecule has 0 spiro atoms. The highest BCUT2D eigenvalue weighted by Crippen LogP contribution is 2.33. The number of halogens is 1. The van der Waals surface area contributed by atoms with Gasteiger partial charge in [0.1, 0.15) is 4.75 Å². The summed E-state index contributed by atoms with van der Waals surface area (Å²) in [5.41, 5.74) is 0. The van der Waals surface area contributed by atoms with E-state index in [1.165, 1.54) is 0 Å². The maximum absolute atomic E-state index is 11.3. The van der Waals surface area contributed by atoms with Gasteiger partial charge in [-0.3, -0.25) is 0 Å². The Kier molecular flexibility index (Phi) is 2.71. The second-order valence-electron chi connectivity index (χ2n) is 3.40. The first-order valence-corrected chi connectivity index (χ1v) is 6.20. The lowest BCUT2D eigenvalue weighted by Gasteiger charge is -2.30. The van der Waals surface area contributed by atoms with Gasteiger partial charge in [0.05, 0.1) is 0 Å². The topological polar surface area (TPSA) is 60.2 Å². The molecule has 2 unspecified atom stereocenters. The van der Waals surface area contributed by atoms with Gasteiger partial charge in [-0.25, -0.2) is 13.6 Å². The van der Waals surface area contributed by atoms with E-state index in [1.54, 1.807) is 19.1 Å². The average Bonchev–Trinajstić information content (AvgIpc) is 1.95. The quantitative estimate of drug-likeness (QED) is 0.782. The zero-order valence-corrected chi connectivity index (χ0v) is 9.89. The highest BCUT2D eigenvalue weighted by atomic mass is 79.9. The van der Waals surface area contributed by atoms with Crippen LogP contribution in [0.15, 0.2) is 22.7 Å². The Bertz CT molecular complexity index is 372. The molecule has 0 saturated heterocycles. The molecule has 74 valence electrons. The summed E-state index contributed by atoms with van der Waals surface area (Å²) >= 11 is 3.29. The summed E-state index contributed by atoms with van der Waals surface area (Å²) in [5, 5.41) is 5.16. The summed E-state index contributed by atoms with van der Waals surface area (Å²) in [4.78, 5) is 0. The van der Waals surface area contributed by atoms with E-state index in [4.69, 9.17) is 5.14 Å². The van der Waals surface area contributed by atoms with Gasteiger partial charge in [-0.15, -0.1) is 0 Å². The lowest BCUT2D eigenvalue weighted by atomic mass is 9.91. The highest BCUT2D eigenvalue weighted by molar-refractivity contribution is 9.11. The predicted octanol–water partition coefficient (Wildman–Crippen LogP) is 1.52. The van der Waals surface area contributed by atoms with Gasteiger partial charge in [0, 0.05) is 4.48 Å². The number of primary sulfonamides is 1. The van der Waals surface area contributed by atoms with Crippen molar-refractivity contribution in [1.29, 1.82) is 0 Å². The zero-order valence-electron chi connectivity index (χ0n) is 7.49. The molecule has 0 fully saturated rings. The SMILES string of the molecule is CC1C=C(Br)C=CC1(C)S(N)(=O)=O. The summed E-state index contributed by atoms with van der Waals surface area (Å²) in [7, 11) is -3.55. The van der Waals surface area contributed by atoms with Crippen LogP contribution in [0.4, 0.5) is 0 Å². The molecule has 3 nitrogen and oxygen atoms in total. The Balaban J connectivity index is 3.18. The maximum atomic E-state index is 11.3. The average molecular weight is 266 g/mol. The van der Waals surface area contributed by atoms with Crippen molar-refractivity contribution in [2.75, 3.05) is 0 Å². The Morgan fingerprint density at radius 1 is 1.62 bits per heavy atom. The molecule has 13 heavy (non-hydrogen) atoms. The van der Waals surface area contributed by atoms with E-state index < -0.39 is 14.8 Å². The van der Waals surface area contributed by atoms with Crippen molar-refractivity contribution in [3.63, 3.8) is 0 Å². The van der Waals surface area contributed by atoms with Crippen LogP contribution in [-0.2, 0) is 10.0 Å². The first-order valence-electron chi connectivity index (χ1n) is 3.86. The van der Waals surface area contributed by atoms with Crippen LogP contribution in [0, 0.1) is 5.92 Å². The molecule has 1 aliphatic rings. The zero-order chi connectivity index (χ0) is 10.3. The molecular weight excluding hydrogens is 254 g/mol. The lowest BCUT2D eigenvalue weighted by Crippen LogP contribution is -2.44. The van der Waals surface area contributed by atoms with Crippen molar-refractivity contribution < 1.29 is 8.42 Å². The molecule has 5 heteroatoms. The normalized spacial score (nSPS) is 34.5. The molecular formula is C8H12BrNO2S. The molecule has 1 rings (SSSR count). The number of allylic oxidation sites excluding steroid dienone is 3. The Hall–Kier alpha value is -0.130. The van der Waals surface area contributed by atoms with Crippen LogP contribution >= 0.6 is 15.9 Å². The summed E-state index contributed by atoms with van der Waals surface area (Å²) in [6, 6.07) is 0. The molecule has 0 bridgehead atoms. The van der Waals surface area contributed by atoms with E-state index in [1.807, 2.05) is 13.0 Å². The molecule has 0 radical (unpaired) electrons. The molecule has 2 atom stereocenters. The van der Waals surface area contributed by atoms with Crippen molar-refractivity contribution in [2.24, 2.45) is 11.1 Å². The third-order valence-corrected chi connectivity index (χ3v) is 4.76. The third kappa shape index (κ3) is 1.87. The van der Waals surface area contributed by atoms with Crippen LogP contribution in [-0.4, -0.2) is 13.2 Å². The predicted molar refractivity (Wildman–Crippen MR) is 56.8 cm³/mol. The number of rotatable bonds is 1. The van der Waals surface area contributed by atoms with Gasteiger partial charge in [0.15, 0.2) is 0 Å². The van der Waals surface area contributed by atoms with Gasteiger partial charge < -0.3 is 0 Å². The standard InChI is InChI=1S/C8H12BrNO2S/c1-6-5-7(9)3-4-8(6,2)13(10,11)12/h3-6H,1-2H3,(H2,10,11,12). The molecule has 0 saturated carbocycles. The lowest BCUT2D eigenvalue weighted by molar-refractivity contribution is 0.514. The van der Waals surface area contributed by atoms with E-state index in [-0.39, 0.29) is 5.92 Å². The van der Waals surface area contributed by atoms with E-state index in [0.29, 0.717) is 0 Å². The summed E-state index contributed by atoms with van der Waals surface area (Å²) < 4.78 is 22.5. The van der Waals surface area contributed by atoms with Crippen LogP contribution in [0.25, 0.3) is 0 Å². The van der Waals surface area contributed by atoms with Gasteiger partial charge in [0.2, 0.25) is 10.0 Å². The maximum Gasteiger partial charge on any atom is 0.218 e. The van der Waals surface area contributed by atoms with E-state index in [0.717, 1.165) is 4.48 Å². The van der Waals surface area contributed by atoms with Crippen molar-refractivity contribution >= 4 is 26.0 Å². The summed E-state index contributed by atoms with van der Waals surface area (Å²) in [5.74, 6) is -0.123. The minimum absolute atomic E-state index is 0.123. The van der Waals surface area contributed by atoms with Crippen LogP contribution in [0.1, 0.15) is 13.8 Å². The fourth-order valence-corrected chi connectivity index (χ4v) is 2.58. The second kappa shape index (κ2) is 3.22. The van der Waals surface area contributed by atoms with Gasteiger partial charge in [-0.05, 0) is 12.8 Å². The molecule has 0 aromatic heterocycles. The largest absolute Gasteiger partial charge is 0.228 e. The van der Waals surface area contributed by atoms with Crippen LogP contribution < -0.4 is 5.14 Å². The van der Waals surface area contributed by atoms with E-state index >= 15 is 0 Å². The van der Waals surface area contributed by atoms with Crippen LogP contribution in [0.2, 0.25) is 0 Å².